The van der Waals surface area contributed by atoms with E-state index in [2.05, 4.69) is 15.5 Å². The van der Waals surface area contributed by atoms with Gasteiger partial charge in [0.05, 0.1) is 0 Å². The molecule has 0 radical (unpaired) electrons. The molecule has 0 bridgehead atoms. The zero-order valence-corrected chi connectivity index (χ0v) is 13.9. The highest BCUT2D eigenvalue weighted by Crippen LogP contribution is 2.23. The van der Waals surface area contributed by atoms with Crippen LogP contribution in [0, 0.1) is 5.92 Å². The summed E-state index contributed by atoms with van der Waals surface area (Å²) in [6.45, 7) is 2.52. The van der Waals surface area contributed by atoms with Gasteiger partial charge in [0.1, 0.15) is 5.75 Å². The maximum atomic E-state index is 12.2. The summed E-state index contributed by atoms with van der Waals surface area (Å²) >= 11 is 0. The molecule has 1 aromatic heterocycles. The highest BCUT2D eigenvalue weighted by atomic mass is 16.5. The fourth-order valence-electron chi connectivity index (χ4n) is 3.01. The molecule has 1 heterocycles. The number of aromatic nitrogens is 2. The highest BCUT2D eigenvalue weighted by molar-refractivity contribution is 5.80. The maximum Gasteiger partial charge on any atom is 0.260 e. The molecule has 1 amide bonds. The summed E-state index contributed by atoms with van der Waals surface area (Å²) in [5.41, 5.74) is 0.814. The second-order valence-corrected chi connectivity index (χ2v) is 6.28. The van der Waals surface area contributed by atoms with Gasteiger partial charge in [0.25, 0.3) is 5.91 Å². The van der Waals surface area contributed by atoms with E-state index in [-0.39, 0.29) is 5.91 Å². The number of hydrogen-bond donors (Lipinski definition) is 1. The Morgan fingerprint density at radius 2 is 2.04 bits per heavy atom. The molecule has 0 unspecified atom stereocenters. The van der Waals surface area contributed by atoms with Crippen LogP contribution in [-0.2, 0) is 4.79 Å². The van der Waals surface area contributed by atoms with Gasteiger partial charge < -0.3 is 14.5 Å². The fourth-order valence-corrected chi connectivity index (χ4v) is 3.01. The van der Waals surface area contributed by atoms with Crippen LogP contribution in [-0.4, -0.2) is 28.8 Å². The molecule has 0 saturated heterocycles. The van der Waals surface area contributed by atoms with Gasteiger partial charge in [-0.15, -0.1) is 10.2 Å². The van der Waals surface area contributed by atoms with E-state index in [9.17, 15) is 4.79 Å². The second-order valence-electron chi connectivity index (χ2n) is 6.28. The van der Waals surface area contributed by atoms with Crippen molar-refractivity contribution in [2.24, 2.45) is 5.92 Å². The molecule has 2 aromatic rings. The summed E-state index contributed by atoms with van der Waals surface area (Å²) in [6.07, 6.45) is 7.07. The van der Waals surface area contributed by atoms with Gasteiger partial charge >= 0.3 is 0 Å². The fraction of sp³-hybridized carbons (Fsp3) is 0.500. The average molecular weight is 329 g/mol. The Morgan fingerprint density at radius 1 is 1.29 bits per heavy atom. The topological polar surface area (TPSA) is 77.2 Å². The van der Waals surface area contributed by atoms with Crippen molar-refractivity contribution in [3.63, 3.8) is 0 Å². The molecule has 128 valence electrons. The monoisotopic (exact) mass is 329 g/mol. The van der Waals surface area contributed by atoms with E-state index in [1.165, 1.54) is 38.5 Å². The lowest BCUT2D eigenvalue weighted by Crippen LogP contribution is -2.39. The standard InChI is InChI=1S/C18H23N3O3/c1-13(17(22)19-11-14-5-3-2-4-6-14)24-16-9-7-15(8-10-16)18-21-20-12-23-18/h7-10,12-14H,2-6,11H2,1H3,(H,19,22)/t13-/m0/s1. The number of amides is 1. The number of nitrogens with zero attached hydrogens (tertiary/aromatic N) is 2. The molecule has 1 aliphatic carbocycles. The summed E-state index contributed by atoms with van der Waals surface area (Å²) < 4.78 is 10.9. The molecule has 6 heteroatoms. The quantitative estimate of drug-likeness (QED) is 0.880. The third-order valence-corrected chi connectivity index (χ3v) is 4.43. The Balaban J connectivity index is 1.48. The van der Waals surface area contributed by atoms with Gasteiger partial charge in [0.15, 0.2) is 6.10 Å². The summed E-state index contributed by atoms with van der Waals surface area (Å²) in [5.74, 6) is 1.64. The Labute approximate surface area is 141 Å². The predicted octanol–water partition coefficient (Wildman–Crippen LogP) is 3.20. The first-order chi connectivity index (χ1) is 11.7. The first kappa shape index (κ1) is 16.5. The van der Waals surface area contributed by atoms with Crippen LogP contribution < -0.4 is 10.1 Å². The van der Waals surface area contributed by atoms with Crippen LogP contribution in [0.4, 0.5) is 0 Å². The van der Waals surface area contributed by atoms with Crippen molar-refractivity contribution in [3.8, 4) is 17.2 Å². The summed E-state index contributed by atoms with van der Waals surface area (Å²) in [7, 11) is 0. The number of rotatable bonds is 6. The molecule has 3 rings (SSSR count). The lowest BCUT2D eigenvalue weighted by Gasteiger charge is -2.23. The Kier molecular flexibility index (Phi) is 5.46. The van der Waals surface area contributed by atoms with Crippen LogP contribution in [0.2, 0.25) is 0 Å². The van der Waals surface area contributed by atoms with Crippen molar-refractivity contribution in [1.82, 2.24) is 15.5 Å². The molecular weight excluding hydrogens is 306 g/mol. The minimum atomic E-state index is -0.525. The minimum Gasteiger partial charge on any atom is -0.481 e. The van der Waals surface area contributed by atoms with Crippen LogP contribution in [0.1, 0.15) is 39.0 Å². The van der Waals surface area contributed by atoms with E-state index in [1.807, 2.05) is 12.1 Å². The first-order valence-corrected chi connectivity index (χ1v) is 8.53. The van der Waals surface area contributed by atoms with Crippen molar-refractivity contribution in [2.45, 2.75) is 45.1 Å². The van der Waals surface area contributed by atoms with Crippen LogP contribution in [0.25, 0.3) is 11.5 Å². The highest BCUT2D eigenvalue weighted by Gasteiger charge is 2.18. The number of ether oxygens (including phenoxy) is 1. The van der Waals surface area contributed by atoms with Crippen LogP contribution in [0.5, 0.6) is 5.75 Å². The first-order valence-electron chi connectivity index (χ1n) is 8.53. The number of carbonyl (C=O) groups excluding carboxylic acids is 1. The molecule has 1 aliphatic rings. The average Bonchev–Trinajstić information content (AvgIpc) is 3.16. The lowest BCUT2D eigenvalue weighted by molar-refractivity contribution is -0.127. The Morgan fingerprint density at radius 3 is 2.71 bits per heavy atom. The molecule has 1 N–H and O–H groups in total. The van der Waals surface area contributed by atoms with E-state index in [1.54, 1.807) is 19.1 Å². The largest absolute Gasteiger partial charge is 0.481 e. The molecule has 0 aliphatic heterocycles. The van der Waals surface area contributed by atoms with Crippen molar-refractivity contribution in [2.75, 3.05) is 6.54 Å². The lowest BCUT2D eigenvalue weighted by atomic mass is 9.89. The molecular formula is C18H23N3O3. The van der Waals surface area contributed by atoms with E-state index < -0.39 is 6.10 Å². The Hall–Kier alpha value is -2.37. The van der Waals surface area contributed by atoms with Crippen LogP contribution in [0.3, 0.4) is 0 Å². The SMILES string of the molecule is C[C@H](Oc1ccc(-c2nnco2)cc1)C(=O)NCC1CCCCC1. The number of benzene rings is 1. The van der Waals surface area contributed by atoms with Gasteiger partial charge in [-0.25, -0.2) is 0 Å². The van der Waals surface area contributed by atoms with Crippen molar-refractivity contribution < 1.29 is 13.9 Å². The van der Waals surface area contributed by atoms with Crippen molar-refractivity contribution >= 4 is 5.91 Å². The van der Waals surface area contributed by atoms with Gasteiger partial charge in [-0.2, -0.15) is 0 Å². The van der Waals surface area contributed by atoms with E-state index in [0.717, 1.165) is 12.1 Å². The van der Waals surface area contributed by atoms with Crippen LogP contribution >= 0.6 is 0 Å². The van der Waals surface area contributed by atoms with Gasteiger partial charge in [-0.1, -0.05) is 19.3 Å². The molecule has 0 spiro atoms. The summed E-state index contributed by atoms with van der Waals surface area (Å²) in [5, 5.41) is 10.5. The van der Waals surface area contributed by atoms with Crippen molar-refractivity contribution in [1.29, 1.82) is 0 Å². The zero-order valence-electron chi connectivity index (χ0n) is 13.9. The van der Waals surface area contributed by atoms with Crippen molar-refractivity contribution in [3.05, 3.63) is 30.7 Å². The summed E-state index contributed by atoms with van der Waals surface area (Å²) in [4.78, 5) is 12.2. The number of carbonyl (C=O) groups is 1. The number of hydrogen-bond acceptors (Lipinski definition) is 5. The van der Waals surface area contributed by atoms with E-state index in [0.29, 0.717) is 17.6 Å². The van der Waals surface area contributed by atoms with E-state index >= 15 is 0 Å². The Bertz CT molecular complexity index is 634. The minimum absolute atomic E-state index is 0.0680. The summed E-state index contributed by atoms with van der Waals surface area (Å²) in [6, 6.07) is 7.25. The van der Waals surface area contributed by atoms with Gasteiger partial charge in [0, 0.05) is 12.1 Å². The third-order valence-electron chi connectivity index (χ3n) is 4.43. The van der Waals surface area contributed by atoms with E-state index in [4.69, 9.17) is 9.15 Å². The smallest absolute Gasteiger partial charge is 0.260 e. The third kappa shape index (κ3) is 4.34. The molecule has 1 atom stereocenters. The van der Waals surface area contributed by atoms with Crippen LogP contribution in [0.15, 0.2) is 35.1 Å². The molecule has 6 nitrogen and oxygen atoms in total. The number of nitrogens with one attached hydrogen (secondary N) is 1. The normalized spacial score (nSPS) is 16.5. The predicted molar refractivity (Wildman–Crippen MR) is 89.4 cm³/mol. The maximum absolute atomic E-state index is 12.2. The van der Waals surface area contributed by atoms with Gasteiger partial charge in [0.2, 0.25) is 12.3 Å². The molecule has 1 aromatic carbocycles. The molecule has 1 saturated carbocycles. The van der Waals surface area contributed by atoms with Gasteiger partial charge in [-0.3, -0.25) is 4.79 Å². The second kappa shape index (κ2) is 7.95. The molecule has 24 heavy (non-hydrogen) atoms. The zero-order chi connectivity index (χ0) is 16.8. The molecule has 1 fully saturated rings. The van der Waals surface area contributed by atoms with Gasteiger partial charge in [-0.05, 0) is 49.9 Å².